The molecule has 0 aromatic heterocycles. The number of amides is 2. The van der Waals surface area contributed by atoms with E-state index in [1.807, 2.05) is 6.07 Å². The summed E-state index contributed by atoms with van der Waals surface area (Å²) < 4.78 is 0. The standard InChI is InChI=1S/C15H20N2O3/c18-14(19)13(12-4-2-1-3-5-12)10-17-15(20)16-9-8-11-6-7-11/h1-5,11,13H,6-10H2,(H,18,19)(H2,16,17,20). The number of nitrogens with one attached hydrogen (secondary N) is 2. The Hall–Kier alpha value is -2.04. The van der Waals surface area contributed by atoms with Crippen molar-refractivity contribution in [2.24, 2.45) is 5.92 Å². The van der Waals surface area contributed by atoms with Crippen LogP contribution in [0.5, 0.6) is 0 Å². The van der Waals surface area contributed by atoms with Gasteiger partial charge in [0.1, 0.15) is 0 Å². The third-order valence-corrected chi connectivity index (χ3v) is 3.50. The van der Waals surface area contributed by atoms with Crippen molar-refractivity contribution in [3.63, 3.8) is 0 Å². The Morgan fingerprint density at radius 3 is 2.50 bits per heavy atom. The normalized spacial score (nSPS) is 15.4. The molecule has 20 heavy (non-hydrogen) atoms. The number of carbonyl (C=O) groups is 2. The van der Waals surface area contributed by atoms with Crippen molar-refractivity contribution >= 4 is 12.0 Å². The number of rotatable bonds is 7. The van der Waals surface area contributed by atoms with Crippen LogP contribution in [0.15, 0.2) is 30.3 Å². The van der Waals surface area contributed by atoms with Crippen LogP contribution in [0.1, 0.15) is 30.7 Å². The van der Waals surface area contributed by atoms with Crippen LogP contribution in [0.4, 0.5) is 4.79 Å². The van der Waals surface area contributed by atoms with Crippen LogP contribution in [0.2, 0.25) is 0 Å². The van der Waals surface area contributed by atoms with Gasteiger partial charge in [0, 0.05) is 13.1 Å². The van der Waals surface area contributed by atoms with Gasteiger partial charge in [-0.3, -0.25) is 4.79 Å². The fourth-order valence-corrected chi connectivity index (χ4v) is 2.09. The molecule has 1 aromatic carbocycles. The number of carboxylic acid groups (broad SMARTS) is 1. The highest BCUT2D eigenvalue weighted by molar-refractivity contribution is 5.79. The fraction of sp³-hybridized carbons (Fsp3) is 0.467. The van der Waals surface area contributed by atoms with Crippen LogP contribution >= 0.6 is 0 Å². The van der Waals surface area contributed by atoms with Gasteiger partial charge in [0.05, 0.1) is 5.92 Å². The molecule has 5 heteroatoms. The minimum absolute atomic E-state index is 0.0919. The van der Waals surface area contributed by atoms with E-state index in [2.05, 4.69) is 10.6 Å². The molecule has 0 aliphatic heterocycles. The molecule has 1 atom stereocenters. The van der Waals surface area contributed by atoms with E-state index in [1.54, 1.807) is 24.3 Å². The topological polar surface area (TPSA) is 78.4 Å². The summed E-state index contributed by atoms with van der Waals surface area (Å²) in [6.45, 7) is 0.744. The monoisotopic (exact) mass is 276 g/mol. The van der Waals surface area contributed by atoms with Crippen LogP contribution < -0.4 is 10.6 Å². The molecule has 0 saturated heterocycles. The van der Waals surface area contributed by atoms with Gasteiger partial charge in [-0.1, -0.05) is 43.2 Å². The van der Waals surface area contributed by atoms with Gasteiger partial charge in [-0.2, -0.15) is 0 Å². The van der Waals surface area contributed by atoms with E-state index < -0.39 is 11.9 Å². The Balaban J connectivity index is 1.76. The first-order chi connectivity index (χ1) is 9.66. The van der Waals surface area contributed by atoms with Crippen molar-refractivity contribution in [3.05, 3.63) is 35.9 Å². The van der Waals surface area contributed by atoms with Crippen molar-refractivity contribution in [1.82, 2.24) is 10.6 Å². The summed E-state index contributed by atoms with van der Waals surface area (Å²) in [5.74, 6) is -0.883. The van der Waals surface area contributed by atoms with Gasteiger partial charge in [-0.25, -0.2) is 4.79 Å². The molecule has 108 valence electrons. The number of hydrogen-bond donors (Lipinski definition) is 3. The Morgan fingerprint density at radius 1 is 1.20 bits per heavy atom. The highest BCUT2D eigenvalue weighted by Gasteiger charge is 2.22. The summed E-state index contributed by atoms with van der Waals surface area (Å²) in [5.41, 5.74) is 0.693. The number of benzene rings is 1. The van der Waals surface area contributed by atoms with Crippen LogP contribution in [0.3, 0.4) is 0 Å². The Kier molecular flexibility index (Phi) is 4.98. The number of carbonyl (C=O) groups excluding carboxylic acids is 1. The summed E-state index contributed by atoms with van der Waals surface area (Å²) >= 11 is 0. The van der Waals surface area contributed by atoms with Crippen LogP contribution in [-0.2, 0) is 4.79 Å². The van der Waals surface area contributed by atoms with Crippen LogP contribution in [-0.4, -0.2) is 30.2 Å². The molecule has 1 aromatic rings. The third-order valence-electron chi connectivity index (χ3n) is 3.50. The molecule has 0 bridgehead atoms. The number of urea groups is 1. The molecule has 1 aliphatic rings. The molecular weight excluding hydrogens is 256 g/mol. The van der Waals surface area contributed by atoms with Crippen LogP contribution in [0, 0.1) is 5.92 Å². The summed E-state index contributed by atoms with van der Waals surface area (Å²) in [7, 11) is 0. The van der Waals surface area contributed by atoms with Gasteiger partial charge in [0.2, 0.25) is 0 Å². The lowest BCUT2D eigenvalue weighted by atomic mass is 9.99. The SMILES string of the molecule is O=C(NCCC1CC1)NCC(C(=O)O)c1ccccc1. The first-order valence-corrected chi connectivity index (χ1v) is 6.96. The number of aliphatic carboxylic acids is 1. The van der Waals surface area contributed by atoms with Crippen molar-refractivity contribution in [1.29, 1.82) is 0 Å². The minimum Gasteiger partial charge on any atom is -0.481 e. The minimum atomic E-state index is -0.936. The van der Waals surface area contributed by atoms with E-state index in [9.17, 15) is 14.7 Å². The maximum Gasteiger partial charge on any atom is 0.314 e. The van der Waals surface area contributed by atoms with E-state index in [0.717, 1.165) is 12.3 Å². The lowest BCUT2D eigenvalue weighted by molar-refractivity contribution is -0.138. The maximum atomic E-state index is 11.6. The average molecular weight is 276 g/mol. The predicted molar refractivity (Wildman–Crippen MR) is 75.6 cm³/mol. The fourth-order valence-electron chi connectivity index (χ4n) is 2.09. The lowest BCUT2D eigenvalue weighted by Gasteiger charge is -2.14. The summed E-state index contributed by atoms with van der Waals surface area (Å²) in [6, 6.07) is 8.63. The number of carboxylic acids is 1. The van der Waals surface area contributed by atoms with E-state index in [4.69, 9.17) is 0 Å². The van der Waals surface area contributed by atoms with Crippen molar-refractivity contribution < 1.29 is 14.7 Å². The van der Waals surface area contributed by atoms with Gasteiger partial charge < -0.3 is 15.7 Å². The highest BCUT2D eigenvalue weighted by atomic mass is 16.4. The van der Waals surface area contributed by atoms with E-state index in [0.29, 0.717) is 12.1 Å². The molecule has 1 fully saturated rings. The Labute approximate surface area is 118 Å². The first kappa shape index (κ1) is 14.4. The molecule has 1 aliphatic carbocycles. The molecule has 1 saturated carbocycles. The van der Waals surface area contributed by atoms with Gasteiger partial charge in [-0.05, 0) is 17.9 Å². The van der Waals surface area contributed by atoms with Gasteiger partial charge in [0.15, 0.2) is 0 Å². The zero-order valence-corrected chi connectivity index (χ0v) is 11.3. The van der Waals surface area contributed by atoms with Gasteiger partial charge in [0.25, 0.3) is 0 Å². The second kappa shape index (κ2) is 6.93. The van der Waals surface area contributed by atoms with E-state index in [-0.39, 0.29) is 12.6 Å². The molecule has 0 spiro atoms. The van der Waals surface area contributed by atoms with Gasteiger partial charge >= 0.3 is 12.0 Å². The summed E-state index contributed by atoms with van der Waals surface area (Å²) in [4.78, 5) is 22.8. The molecule has 0 heterocycles. The van der Waals surface area contributed by atoms with Gasteiger partial charge in [-0.15, -0.1) is 0 Å². The maximum absolute atomic E-state index is 11.6. The first-order valence-electron chi connectivity index (χ1n) is 6.96. The van der Waals surface area contributed by atoms with Crippen molar-refractivity contribution in [3.8, 4) is 0 Å². The second-order valence-electron chi connectivity index (χ2n) is 5.17. The molecule has 1 unspecified atom stereocenters. The summed E-state index contributed by atoms with van der Waals surface area (Å²) in [5, 5.41) is 14.6. The zero-order valence-electron chi connectivity index (χ0n) is 11.3. The molecular formula is C15H20N2O3. The molecule has 0 radical (unpaired) electrons. The molecule has 3 N–H and O–H groups in total. The molecule has 2 amide bonds. The van der Waals surface area contributed by atoms with Crippen molar-refractivity contribution in [2.75, 3.05) is 13.1 Å². The average Bonchev–Trinajstić information content (AvgIpc) is 3.24. The Bertz CT molecular complexity index is 457. The van der Waals surface area contributed by atoms with E-state index >= 15 is 0 Å². The Morgan fingerprint density at radius 2 is 1.90 bits per heavy atom. The van der Waals surface area contributed by atoms with E-state index in [1.165, 1.54) is 12.8 Å². The largest absolute Gasteiger partial charge is 0.481 e. The predicted octanol–water partition coefficient (Wildman–Crippen LogP) is 1.95. The third kappa shape index (κ3) is 4.57. The molecule has 2 rings (SSSR count). The second-order valence-corrected chi connectivity index (χ2v) is 5.17. The molecule has 5 nitrogen and oxygen atoms in total. The van der Waals surface area contributed by atoms with Crippen LogP contribution in [0.25, 0.3) is 0 Å². The smallest absolute Gasteiger partial charge is 0.314 e. The zero-order chi connectivity index (χ0) is 14.4. The summed E-state index contributed by atoms with van der Waals surface area (Å²) in [6.07, 6.45) is 3.53. The number of hydrogen-bond acceptors (Lipinski definition) is 2. The van der Waals surface area contributed by atoms with Crippen molar-refractivity contribution in [2.45, 2.75) is 25.2 Å². The highest BCUT2D eigenvalue weighted by Crippen LogP contribution is 2.31. The lowest BCUT2D eigenvalue weighted by Crippen LogP contribution is -2.39. The quantitative estimate of drug-likeness (QED) is 0.712.